The summed E-state index contributed by atoms with van der Waals surface area (Å²) in [6.45, 7) is 0. The number of carboxylic acid groups (broad SMARTS) is 1. The fourth-order valence-electron chi connectivity index (χ4n) is 2.29. The largest absolute Gasteiger partial charge is 0.507 e. The monoisotopic (exact) mass is 314 g/mol. The van der Waals surface area contributed by atoms with E-state index in [0.29, 0.717) is 0 Å². The highest BCUT2D eigenvalue weighted by molar-refractivity contribution is 5.98. The van der Waals surface area contributed by atoms with Crippen molar-refractivity contribution in [3.05, 3.63) is 52.4 Å². The maximum absolute atomic E-state index is 12.1. The van der Waals surface area contributed by atoms with Gasteiger partial charge in [0.05, 0.1) is 16.5 Å². The lowest BCUT2D eigenvalue weighted by Gasteiger charge is -2.09. The van der Waals surface area contributed by atoms with E-state index in [0.717, 1.165) is 12.1 Å². The Kier molecular flexibility index (Phi) is 3.18. The van der Waals surface area contributed by atoms with Crippen molar-refractivity contribution in [2.24, 2.45) is 0 Å². The Labute approximate surface area is 128 Å². The number of aromatic carboxylic acids is 1. The molecule has 0 bridgehead atoms. The summed E-state index contributed by atoms with van der Waals surface area (Å²) in [5.74, 6) is -2.75. The molecule has 2 aromatic carbocycles. The number of carboxylic acids is 1. The number of hydrogen-bond acceptors (Lipinski definition) is 6. The highest BCUT2D eigenvalue weighted by atomic mass is 16.4. The predicted molar refractivity (Wildman–Crippen MR) is 79.9 cm³/mol. The molecule has 7 heteroatoms. The Hall–Kier alpha value is -3.48. The van der Waals surface area contributed by atoms with Crippen molar-refractivity contribution in [3.8, 4) is 28.4 Å². The van der Waals surface area contributed by atoms with Crippen molar-refractivity contribution in [1.82, 2.24) is 0 Å². The average Bonchev–Trinajstić information content (AvgIpc) is 2.49. The van der Waals surface area contributed by atoms with Crippen molar-refractivity contribution in [2.75, 3.05) is 0 Å². The first-order chi connectivity index (χ1) is 10.9. The molecule has 0 saturated heterocycles. The van der Waals surface area contributed by atoms with Gasteiger partial charge >= 0.3 is 11.6 Å². The molecular weight excluding hydrogens is 304 g/mol. The SMILES string of the molecule is O=C(O)c1cc(O)c(O)cc1-c1cc2c(O)cccc2oc1=O. The van der Waals surface area contributed by atoms with Gasteiger partial charge in [0.25, 0.3) is 0 Å². The van der Waals surface area contributed by atoms with Crippen molar-refractivity contribution >= 4 is 16.9 Å². The van der Waals surface area contributed by atoms with Crippen LogP contribution in [0.2, 0.25) is 0 Å². The third-order valence-corrected chi connectivity index (χ3v) is 3.39. The molecule has 0 aliphatic carbocycles. The second kappa shape index (κ2) is 5.06. The van der Waals surface area contributed by atoms with Gasteiger partial charge in [-0.3, -0.25) is 0 Å². The van der Waals surface area contributed by atoms with E-state index in [2.05, 4.69) is 0 Å². The fourth-order valence-corrected chi connectivity index (χ4v) is 2.29. The van der Waals surface area contributed by atoms with Gasteiger partial charge in [-0.2, -0.15) is 0 Å². The summed E-state index contributed by atoms with van der Waals surface area (Å²) >= 11 is 0. The highest BCUT2D eigenvalue weighted by Gasteiger charge is 2.20. The van der Waals surface area contributed by atoms with E-state index in [9.17, 15) is 30.0 Å². The fraction of sp³-hybridized carbons (Fsp3) is 0. The Balaban J connectivity index is 2.39. The van der Waals surface area contributed by atoms with Crippen LogP contribution in [0.1, 0.15) is 10.4 Å². The first-order valence-electron chi connectivity index (χ1n) is 6.44. The van der Waals surface area contributed by atoms with Crippen molar-refractivity contribution in [1.29, 1.82) is 0 Å². The number of carbonyl (C=O) groups is 1. The smallest absolute Gasteiger partial charge is 0.344 e. The molecule has 23 heavy (non-hydrogen) atoms. The normalized spacial score (nSPS) is 10.8. The van der Waals surface area contributed by atoms with Crippen LogP contribution in [0.3, 0.4) is 0 Å². The summed E-state index contributed by atoms with van der Waals surface area (Å²) in [6.07, 6.45) is 0. The molecule has 0 unspecified atom stereocenters. The number of fused-ring (bicyclic) bond motifs is 1. The molecule has 1 heterocycles. The van der Waals surface area contributed by atoms with Crippen LogP contribution in [0.15, 0.2) is 45.6 Å². The van der Waals surface area contributed by atoms with E-state index in [-0.39, 0.29) is 33.4 Å². The van der Waals surface area contributed by atoms with E-state index in [1.807, 2.05) is 0 Å². The minimum Gasteiger partial charge on any atom is -0.507 e. The molecule has 0 spiro atoms. The van der Waals surface area contributed by atoms with Gasteiger partial charge in [0, 0.05) is 5.56 Å². The number of rotatable bonds is 2. The third kappa shape index (κ3) is 2.34. The van der Waals surface area contributed by atoms with E-state index < -0.39 is 23.1 Å². The minimum absolute atomic E-state index is 0.133. The molecule has 0 radical (unpaired) electrons. The number of aromatic hydroxyl groups is 3. The summed E-state index contributed by atoms with van der Waals surface area (Å²) in [7, 11) is 0. The molecule has 0 fully saturated rings. The lowest BCUT2D eigenvalue weighted by atomic mass is 9.99. The van der Waals surface area contributed by atoms with Gasteiger partial charge < -0.3 is 24.8 Å². The summed E-state index contributed by atoms with van der Waals surface area (Å²) in [4.78, 5) is 23.5. The summed E-state index contributed by atoms with van der Waals surface area (Å²) < 4.78 is 5.08. The van der Waals surface area contributed by atoms with Crippen LogP contribution < -0.4 is 5.63 Å². The second-order valence-corrected chi connectivity index (χ2v) is 4.83. The Morgan fingerprint density at radius 1 is 0.913 bits per heavy atom. The van der Waals surface area contributed by atoms with Crippen LogP contribution in [0.4, 0.5) is 0 Å². The van der Waals surface area contributed by atoms with Gasteiger partial charge in [0.2, 0.25) is 0 Å². The number of phenols is 3. The summed E-state index contributed by atoms with van der Waals surface area (Å²) in [5, 5.41) is 38.3. The van der Waals surface area contributed by atoms with Crippen LogP contribution in [0.25, 0.3) is 22.1 Å². The Bertz CT molecular complexity index is 1000. The molecule has 0 aliphatic rings. The van der Waals surface area contributed by atoms with Gasteiger partial charge in [-0.15, -0.1) is 0 Å². The molecule has 7 nitrogen and oxygen atoms in total. The second-order valence-electron chi connectivity index (χ2n) is 4.83. The highest BCUT2D eigenvalue weighted by Crippen LogP contribution is 2.35. The first-order valence-corrected chi connectivity index (χ1v) is 6.44. The van der Waals surface area contributed by atoms with Gasteiger partial charge in [-0.25, -0.2) is 9.59 Å². The maximum atomic E-state index is 12.1. The molecule has 3 rings (SSSR count). The summed E-state index contributed by atoms with van der Waals surface area (Å²) in [6, 6.07) is 7.42. The lowest BCUT2D eigenvalue weighted by Crippen LogP contribution is -2.07. The molecule has 0 saturated carbocycles. The standard InChI is InChI=1S/C16H10O7/c17-11-2-1-3-14-10(11)4-9(16(22)23-14)7-5-12(18)13(19)6-8(7)15(20)21/h1-6,17-19H,(H,20,21). The van der Waals surface area contributed by atoms with Gasteiger partial charge in [0.1, 0.15) is 11.3 Å². The lowest BCUT2D eigenvalue weighted by molar-refractivity contribution is 0.0697. The zero-order valence-electron chi connectivity index (χ0n) is 11.5. The average molecular weight is 314 g/mol. The topological polar surface area (TPSA) is 128 Å². The number of benzene rings is 2. The van der Waals surface area contributed by atoms with Gasteiger partial charge in [-0.05, 0) is 30.3 Å². The van der Waals surface area contributed by atoms with Crippen LogP contribution >= 0.6 is 0 Å². The zero-order valence-corrected chi connectivity index (χ0v) is 11.5. The van der Waals surface area contributed by atoms with E-state index in [4.69, 9.17) is 4.42 Å². The molecule has 4 N–H and O–H groups in total. The van der Waals surface area contributed by atoms with Crippen LogP contribution in [-0.4, -0.2) is 26.4 Å². The maximum Gasteiger partial charge on any atom is 0.344 e. The van der Waals surface area contributed by atoms with Crippen molar-refractivity contribution < 1.29 is 29.6 Å². The molecule has 0 atom stereocenters. The molecule has 0 aliphatic heterocycles. The first kappa shape index (κ1) is 14.5. The van der Waals surface area contributed by atoms with E-state index in [1.165, 1.54) is 24.3 Å². The molecule has 116 valence electrons. The predicted octanol–water partition coefficient (Wildman–Crippen LogP) is 2.28. The Morgan fingerprint density at radius 3 is 2.30 bits per heavy atom. The Morgan fingerprint density at radius 2 is 1.61 bits per heavy atom. The molecular formula is C16H10O7. The van der Waals surface area contributed by atoms with Gasteiger partial charge in [0.15, 0.2) is 11.5 Å². The zero-order chi connectivity index (χ0) is 16.7. The molecule has 3 aromatic rings. The minimum atomic E-state index is -1.40. The third-order valence-electron chi connectivity index (χ3n) is 3.39. The number of hydrogen-bond donors (Lipinski definition) is 4. The quantitative estimate of drug-likeness (QED) is 0.422. The van der Waals surface area contributed by atoms with Crippen LogP contribution in [-0.2, 0) is 0 Å². The van der Waals surface area contributed by atoms with Gasteiger partial charge in [-0.1, -0.05) is 6.07 Å². The van der Waals surface area contributed by atoms with Crippen molar-refractivity contribution in [2.45, 2.75) is 0 Å². The van der Waals surface area contributed by atoms with E-state index >= 15 is 0 Å². The molecule has 0 amide bonds. The van der Waals surface area contributed by atoms with Crippen LogP contribution in [0, 0.1) is 0 Å². The van der Waals surface area contributed by atoms with Crippen LogP contribution in [0.5, 0.6) is 17.2 Å². The van der Waals surface area contributed by atoms with Crippen molar-refractivity contribution in [3.63, 3.8) is 0 Å². The molecule has 1 aromatic heterocycles. The number of phenolic OH excluding ortho intramolecular Hbond substituents is 3. The summed E-state index contributed by atoms with van der Waals surface area (Å²) in [5.41, 5.74) is -1.38. The van der Waals surface area contributed by atoms with E-state index in [1.54, 1.807) is 0 Å².